The van der Waals surface area contributed by atoms with Gasteiger partial charge in [-0.3, -0.25) is 4.79 Å². The van der Waals surface area contributed by atoms with Crippen molar-refractivity contribution >= 4 is 5.91 Å². The quantitative estimate of drug-likeness (QED) is 0.830. The lowest BCUT2D eigenvalue weighted by atomic mass is 10.1. The van der Waals surface area contributed by atoms with Crippen molar-refractivity contribution < 1.29 is 9.53 Å². The molecule has 3 atom stereocenters. The SMILES string of the molecule is CC1OCCC1NC(=O)[C@@H](N)Cc1ccccc1. The summed E-state index contributed by atoms with van der Waals surface area (Å²) in [6.07, 6.45) is 1.51. The van der Waals surface area contributed by atoms with Crippen LogP contribution in [-0.4, -0.2) is 30.7 Å². The lowest BCUT2D eigenvalue weighted by Gasteiger charge is -2.19. The molecule has 1 aliphatic rings. The van der Waals surface area contributed by atoms with Crippen LogP contribution in [0.1, 0.15) is 18.9 Å². The third-order valence-electron chi connectivity index (χ3n) is 3.34. The van der Waals surface area contributed by atoms with Gasteiger partial charge in [-0.2, -0.15) is 0 Å². The average Bonchev–Trinajstić information content (AvgIpc) is 2.76. The highest BCUT2D eigenvalue weighted by Crippen LogP contribution is 2.12. The molecule has 0 aliphatic carbocycles. The molecule has 98 valence electrons. The molecule has 1 aromatic carbocycles. The van der Waals surface area contributed by atoms with Crippen molar-refractivity contribution in [3.05, 3.63) is 35.9 Å². The van der Waals surface area contributed by atoms with Crippen LogP contribution in [0.15, 0.2) is 30.3 Å². The van der Waals surface area contributed by atoms with Gasteiger partial charge < -0.3 is 15.8 Å². The van der Waals surface area contributed by atoms with Crippen LogP contribution >= 0.6 is 0 Å². The molecule has 1 fully saturated rings. The normalized spacial score (nSPS) is 24.8. The van der Waals surface area contributed by atoms with Crippen molar-refractivity contribution in [2.75, 3.05) is 6.61 Å². The number of rotatable bonds is 4. The van der Waals surface area contributed by atoms with Crippen molar-refractivity contribution in [2.45, 2.75) is 38.0 Å². The molecule has 18 heavy (non-hydrogen) atoms. The van der Waals surface area contributed by atoms with E-state index in [1.165, 1.54) is 0 Å². The van der Waals surface area contributed by atoms with Crippen LogP contribution in [0.3, 0.4) is 0 Å². The van der Waals surface area contributed by atoms with E-state index in [0.29, 0.717) is 13.0 Å². The summed E-state index contributed by atoms with van der Waals surface area (Å²) in [4.78, 5) is 12.0. The average molecular weight is 248 g/mol. The summed E-state index contributed by atoms with van der Waals surface area (Å²) in [5.41, 5.74) is 7.00. The van der Waals surface area contributed by atoms with E-state index in [0.717, 1.165) is 12.0 Å². The van der Waals surface area contributed by atoms with Gasteiger partial charge in [-0.05, 0) is 25.3 Å². The first-order valence-electron chi connectivity index (χ1n) is 6.38. The summed E-state index contributed by atoms with van der Waals surface area (Å²) in [7, 11) is 0. The summed E-state index contributed by atoms with van der Waals surface area (Å²) in [6, 6.07) is 9.41. The molecule has 2 unspecified atom stereocenters. The van der Waals surface area contributed by atoms with Crippen LogP contribution in [0.4, 0.5) is 0 Å². The minimum atomic E-state index is -0.500. The Balaban J connectivity index is 1.85. The van der Waals surface area contributed by atoms with E-state index < -0.39 is 6.04 Å². The molecule has 0 radical (unpaired) electrons. The van der Waals surface area contributed by atoms with Crippen molar-refractivity contribution in [3.8, 4) is 0 Å². The molecule has 1 aliphatic heterocycles. The number of hydrogen-bond acceptors (Lipinski definition) is 3. The fourth-order valence-electron chi connectivity index (χ4n) is 2.17. The van der Waals surface area contributed by atoms with Crippen LogP contribution in [0.25, 0.3) is 0 Å². The van der Waals surface area contributed by atoms with Crippen LogP contribution in [0, 0.1) is 0 Å². The molecule has 1 saturated heterocycles. The molecule has 4 heteroatoms. The van der Waals surface area contributed by atoms with Gasteiger partial charge in [-0.25, -0.2) is 0 Å². The number of amides is 1. The van der Waals surface area contributed by atoms with Gasteiger partial charge in [-0.15, -0.1) is 0 Å². The van der Waals surface area contributed by atoms with E-state index in [4.69, 9.17) is 10.5 Å². The number of nitrogens with one attached hydrogen (secondary N) is 1. The maximum absolute atomic E-state index is 12.0. The lowest BCUT2D eigenvalue weighted by molar-refractivity contribution is -0.123. The molecule has 0 aromatic heterocycles. The van der Waals surface area contributed by atoms with Gasteiger partial charge in [0, 0.05) is 6.61 Å². The monoisotopic (exact) mass is 248 g/mol. The summed E-state index contributed by atoms with van der Waals surface area (Å²) >= 11 is 0. The molecule has 0 bridgehead atoms. The second-order valence-electron chi connectivity index (χ2n) is 4.78. The van der Waals surface area contributed by atoms with E-state index >= 15 is 0 Å². The predicted octanol–water partition coefficient (Wildman–Crippen LogP) is 0.850. The van der Waals surface area contributed by atoms with E-state index in [9.17, 15) is 4.79 Å². The minimum Gasteiger partial charge on any atom is -0.376 e. The van der Waals surface area contributed by atoms with Crippen LogP contribution in [0.2, 0.25) is 0 Å². The summed E-state index contributed by atoms with van der Waals surface area (Å²) in [5.74, 6) is -0.0961. The van der Waals surface area contributed by atoms with Crippen molar-refractivity contribution in [2.24, 2.45) is 5.73 Å². The maximum Gasteiger partial charge on any atom is 0.237 e. The molecule has 4 nitrogen and oxygen atoms in total. The van der Waals surface area contributed by atoms with E-state index in [1.54, 1.807) is 0 Å². The highest BCUT2D eigenvalue weighted by atomic mass is 16.5. The molecule has 3 N–H and O–H groups in total. The number of carbonyl (C=O) groups is 1. The van der Waals surface area contributed by atoms with Crippen LogP contribution in [0.5, 0.6) is 0 Å². The topological polar surface area (TPSA) is 64.3 Å². The Morgan fingerprint density at radius 2 is 2.22 bits per heavy atom. The second-order valence-corrected chi connectivity index (χ2v) is 4.78. The van der Waals surface area contributed by atoms with Gasteiger partial charge in [0.25, 0.3) is 0 Å². The molecule has 2 rings (SSSR count). The van der Waals surface area contributed by atoms with E-state index in [2.05, 4.69) is 5.32 Å². The number of nitrogens with two attached hydrogens (primary N) is 1. The summed E-state index contributed by atoms with van der Waals surface area (Å²) in [6.45, 7) is 2.68. The largest absolute Gasteiger partial charge is 0.376 e. The van der Waals surface area contributed by atoms with Crippen LogP contribution in [-0.2, 0) is 16.0 Å². The zero-order valence-electron chi connectivity index (χ0n) is 10.6. The van der Waals surface area contributed by atoms with E-state index in [-0.39, 0.29) is 18.1 Å². The fraction of sp³-hybridized carbons (Fsp3) is 0.500. The first kappa shape index (κ1) is 13.1. The number of hydrogen-bond donors (Lipinski definition) is 2. The van der Waals surface area contributed by atoms with E-state index in [1.807, 2.05) is 37.3 Å². The molecular formula is C14H20N2O2. The number of benzene rings is 1. The third kappa shape index (κ3) is 3.31. The Morgan fingerprint density at radius 1 is 1.50 bits per heavy atom. The van der Waals surface area contributed by atoms with Crippen molar-refractivity contribution in [3.63, 3.8) is 0 Å². The Bertz CT molecular complexity index is 394. The third-order valence-corrected chi connectivity index (χ3v) is 3.34. The van der Waals surface area contributed by atoms with Crippen LogP contribution < -0.4 is 11.1 Å². The molecule has 0 spiro atoms. The highest BCUT2D eigenvalue weighted by Gasteiger charge is 2.27. The first-order chi connectivity index (χ1) is 8.66. The molecule has 1 aromatic rings. The lowest BCUT2D eigenvalue weighted by Crippen LogP contribution is -2.48. The smallest absolute Gasteiger partial charge is 0.237 e. The standard InChI is InChI=1S/C14H20N2O2/c1-10-13(7-8-18-10)16-14(17)12(15)9-11-5-3-2-4-6-11/h2-6,10,12-13H,7-9,15H2,1H3,(H,16,17)/t10?,12-,13?/m0/s1. The Hall–Kier alpha value is -1.39. The highest BCUT2D eigenvalue weighted by molar-refractivity contribution is 5.82. The molecule has 1 heterocycles. The Morgan fingerprint density at radius 3 is 2.83 bits per heavy atom. The van der Waals surface area contributed by atoms with Gasteiger partial charge >= 0.3 is 0 Å². The van der Waals surface area contributed by atoms with Crippen molar-refractivity contribution in [1.82, 2.24) is 5.32 Å². The summed E-state index contributed by atoms with van der Waals surface area (Å²) < 4.78 is 5.41. The second kappa shape index (κ2) is 5.98. The van der Waals surface area contributed by atoms with Gasteiger partial charge in [0.1, 0.15) is 0 Å². The first-order valence-corrected chi connectivity index (χ1v) is 6.38. The maximum atomic E-state index is 12.0. The molecule has 1 amide bonds. The predicted molar refractivity (Wildman–Crippen MR) is 70.1 cm³/mol. The zero-order chi connectivity index (χ0) is 13.0. The Labute approximate surface area is 108 Å². The summed E-state index contributed by atoms with van der Waals surface area (Å²) in [5, 5.41) is 2.96. The number of ether oxygens (including phenoxy) is 1. The zero-order valence-corrected chi connectivity index (χ0v) is 10.6. The van der Waals surface area contributed by atoms with Gasteiger partial charge in [0.05, 0.1) is 18.2 Å². The van der Waals surface area contributed by atoms with Crippen molar-refractivity contribution in [1.29, 1.82) is 0 Å². The van der Waals surface area contributed by atoms with Gasteiger partial charge in [0.15, 0.2) is 0 Å². The molecule has 0 saturated carbocycles. The number of carbonyl (C=O) groups excluding carboxylic acids is 1. The van der Waals surface area contributed by atoms with Gasteiger partial charge in [0.2, 0.25) is 5.91 Å². The van der Waals surface area contributed by atoms with Gasteiger partial charge in [-0.1, -0.05) is 30.3 Å². The molecular weight excluding hydrogens is 228 g/mol. The Kier molecular flexibility index (Phi) is 4.33. The fourth-order valence-corrected chi connectivity index (χ4v) is 2.17. The minimum absolute atomic E-state index is 0.0814.